The third-order valence-corrected chi connectivity index (χ3v) is 3.62. The van der Waals surface area contributed by atoms with Crippen molar-refractivity contribution in [2.24, 2.45) is 0 Å². The molecule has 0 aliphatic carbocycles. The third-order valence-electron chi connectivity index (χ3n) is 3.62. The van der Waals surface area contributed by atoms with E-state index in [0.29, 0.717) is 25.5 Å². The van der Waals surface area contributed by atoms with E-state index in [-0.39, 0.29) is 11.7 Å². The minimum Gasteiger partial charge on any atom is -0.444 e. The summed E-state index contributed by atoms with van der Waals surface area (Å²) in [6.07, 6.45) is 2.96. The van der Waals surface area contributed by atoms with Crippen LogP contribution < -0.4 is 0 Å². The zero-order valence-electron chi connectivity index (χ0n) is 13.2. The van der Waals surface area contributed by atoms with Crippen molar-refractivity contribution in [1.82, 2.24) is 10.1 Å². The second kappa shape index (κ2) is 6.05. The first-order valence-electron chi connectivity index (χ1n) is 7.35. The molecule has 0 saturated carbocycles. The highest BCUT2D eigenvalue weighted by Crippen LogP contribution is 2.30. The molecule has 21 heavy (non-hydrogen) atoms. The van der Waals surface area contributed by atoms with Gasteiger partial charge < -0.3 is 18.9 Å². The highest BCUT2D eigenvalue weighted by Gasteiger charge is 2.41. The monoisotopic (exact) mass is 296 g/mol. The lowest BCUT2D eigenvalue weighted by Gasteiger charge is -2.29. The van der Waals surface area contributed by atoms with Crippen molar-refractivity contribution < 1.29 is 18.8 Å². The first-order chi connectivity index (χ1) is 9.84. The number of amides is 1. The maximum absolute atomic E-state index is 12.1. The molecule has 1 saturated heterocycles. The van der Waals surface area contributed by atoms with Crippen LogP contribution in [0.3, 0.4) is 0 Å². The number of hydrogen-bond donors (Lipinski definition) is 0. The van der Waals surface area contributed by atoms with E-state index >= 15 is 0 Å². The van der Waals surface area contributed by atoms with Crippen LogP contribution in [0.4, 0.5) is 4.79 Å². The van der Waals surface area contributed by atoms with Gasteiger partial charge in [0, 0.05) is 12.6 Å². The Bertz CT molecular complexity index is 467. The fourth-order valence-electron chi connectivity index (χ4n) is 2.38. The molecule has 1 aromatic heterocycles. The number of carbonyl (C=O) groups excluding carboxylic acids is 1. The standard InChI is InChI=1S/C15H24N2O4/c1-5-15(19-10-12-6-8-16-21-12)7-9-17(11-15)13(18)20-14(2,3)4/h6,8H,5,7,9-11H2,1-4H3. The van der Waals surface area contributed by atoms with Crippen LogP contribution in [0.25, 0.3) is 0 Å². The maximum atomic E-state index is 12.1. The van der Waals surface area contributed by atoms with Gasteiger partial charge in [-0.1, -0.05) is 12.1 Å². The lowest BCUT2D eigenvalue weighted by molar-refractivity contribution is -0.0595. The topological polar surface area (TPSA) is 64.8 Å². The average molecular weight is 296 g/mol. The van der Waals surface area contributed by atoms with Gasteiger partial charge >= 0.3 is 6.09 Å². The van der Waals surface area contributed by atoms with Crippen molar-refractivity contribution in [2.75, 3.05) is 13.1 Å². The van der Waals surface area contributed by atoms with Gasteiger partial charge in [-0.3, -0.25) is 0 Å². The number of rotatable bonds is 4. The molecule has 2 rings (SSSR count). The second-order valence-corrected chi connectivity index (χ2v) is 6.46. The van der Waals surface area contributed by atoms with Crippen LogP contribution in [0.1, 0.15) is 46.3 Å². The predicted molar refractivity (Wildman–Crippen MR) is 76.7 cm³/mol. The lowest BCUT2D eigenvalue weighted by atomic mass is 10.00. The van der Waals surface area contributed by atoms with E-state index in [1.165, 1.54) is 0 Å². The van der Waals surface area contributed by atoms with Gasteiger partial charge in [-0.2, -0.15) is 0 Å². The Labute approximate surface area is 125 Å². The van der Waals surface area contributed by atoms with Gasteiger partial charge in [0.2, 0.25) is 0 Å². The SMILES string of the molecule is CCC1(OCc2ccno2)CCN(C(=O)OC(C)(C)C)C1. The molecule has 0 radical (unpaired) electrons. The summed E-state index contributed by atoms with van der Waals surface area (Å²) in [5.74, 6) is 0.693. The van der Waals surface area contributed by atoms with Gasteiger partial charge in [-0.25, -0.2) is 4.79 Å². The highest BCUT2D eigenvalue weighted by molar-refractivity contribution is 5.68. The molecule has 1 aliphatic heterocycles. The van der Waals surface area contributed by atoms with Gasteiger partial charge in [0.25, 0.3) is 0 Å². The van der Waals surface area contributed by atoms with Crippen molar-refractivity contribution in [3.05, 3.63) is 18.0 Å². The van der Waals surface area contributed by atoms with Crippen LogP contribution in [0.2, 0.25) is 0 Å². The Morgan fingerprint density at radius 3 is 2.86 bits per heavy atom. The molecule has 118 valence electrons. The Balaban J connectivity index is 1.92. The van der Waals surface area contributed by atoms with E-state index in [0.717, 1.165) is 12.8 Å². The van der Waals surface area contributed by atoms with Crippen LogP contribution >= 0.6 is 0 Å². The van der Waals surface area contributed by atoms with Crippen LogP contribution in [-0.2, 0) is 16.1 Å². The van der Waals surface area contributed by atoms with E-state index in [1.54, 1.807) is 17.2 Å². The van der Waals surface area contributed by atoms with Crippen LogP contribution in [0, 0.1) is 0 Å². The zero-order valence-corrected chi connectivity index (χ0v) is 13.2. The fraction of sp³-hybridized carbons (Fsp3) is 0.733. The number of aromatic nitrogens is 1. The molecular weight excluding hydrogens is 272 g/mol. The summed E-state index contributed by atoms with van der Waals surface area (Å²) in [5, 5.41) is 3.66. The molecule has 0 spiro atoms. The lowest BCUT2D eigenvalue weighted by Crippen LogP contribution is -2.40. The van der Waals surface area contributed by atoms with Crippen LogP contribution in [-0.4, -0.2) is 40.4 Å². The van der Waals surface area contributed by atoms with Gasteiger partial charge in [0.05, 0.1) is 18.3 Å². The third kappa shape index (κ3) is 4.20. The van der Waals surface area contributed by atoms with Gasteiger partial charge in [0.1, 0.15) is 12.2 Å². The van der Waals surface area contributed by atoms with Crippen molar-refractivity contribution in [1.29, 1.82) is 0 Å². The van der Waals surface area contributed by atoms with E-state index in [1.807, 2.05) is 20.8 Å². The summed E-state index contributed by atoms with van der Waals surface area (Å²) in [6.45, 7) is 9.25. The molecule has 2 heterocycles. The smallest absolute Gasteiger partial charge is 0.410 e. The molecule has 1 amide bonds. The highest BCUT2D eigenvalue weighted by atomic mass is 16.6. The molecule has 1 unspecified atom stereocenters. The summed E-state index contributed by atoms with van der Waals surface area (Å²) in [5.41, 5.74) is -0.807. The number of carbonyl (C=O) groups is 1. The molecule has 1 atom stereocenters. The van der Waals surface area contributed by atoms with E-state index < -0.39 is 5.60 Å². The maximum Gasteiger partial charge on any atom is 0.410 e. The van der Waals surface area contributed by atoms with Crippen molar-refractivity contribution in [3.63, 3.8) is 0 Å². The molecule has 1 aromatic rings. The molecular formula is C15H24N2O4. The quantitative estimate of drug-likeness (QED) is 0.854. The first-order valence-corrected chi connectivity index (χ1v) is 7.35. The molecule has 0 bridgehead atoms. The normalized spacial score (nSPS) is 22.6. The van der Waals surface area contributed by atoms with Gasteiger partial charge in [-0.05, 0) is 33.6 Å². The van der Waals surface area contributed by atoms with Gasteiger partial charge in [0.15, 0.2) is 5.76 Å². The molecule has 6 nitrogen and oxygen atoms in total. The Morgan fingerprint density at radius 1 is 1.52 bits per heavy atom. The number of hydrogen-bond acceptors (Lipinski definition) is 5. The van der Waals surface area contributed by atoms with E-state index in [4.69, 9.17) is 14.0 Å². The van der Waals surface area contributed by atoms with Crippen LogP contribution in [0.5, 0.6) is 0 Å². The van der Waals surface area contributed by atoms with Crippen molar-refractivity contribution >= 4 is 6.09 Å². The van der Waals surface area contributed by atoms with E-state index in [9.17, 15) is 4.79 Å². The molecule has 6 heteroatoms. The second-order valence-electron chi connectivity index (χ2n) is 6.46. The van der Waals surface area contributed by atoms with Crippen LogP contribution in [0.15, 0.2) is 16.8 Å². The van der Waals surface area contributed by atoms with Gasteiger partial charge in [-0.15, -0.1) is 0 Å². The molecule has 0 aromatic carbocycles. The van der Waals surface area contributed by atoms with E-state index in [2.05, 4.69) is 12.1 Å². The summed E-state index contributed by atoms with van der Waals surface area (Å²) < 4.78 is 16.5. The fourth-order valence-corrected chi connectivity index (χ4v) is 2.38. The minimum absolute atomic E-state index is 0.277. The predicted octanol–water partition coefficient (Wildman–Crippen LogP) is 2.98. The minimum atomic E-state index is -0.477. The summed E-state index contributed by atoms with van der Waals surface area (Å²) in [6, 6.07) is 1.78. The summed E-state index contributed by atoms with van der Waals surface area (Å²) >= 11 is 0. The largest absolute Gasteiger partial charge is 0.444 e. The summed E-state index contributed by atoms with van der Waals surface area (Å²) in [4.78, 5) is 13.8. The van der Waals surface area contributed by atoms with Crippen molar-refractivity contribution in [3.8, 4) is 0 Å². The number of ether oxygens (including phenoxy) is 2. The Morgan fingerprint density at radius 2 is 2.29 bits per heavy atom. The average Bonchev–Trinajstić information content (AvgIpc) is 3.05. The molecule has 1 fully saturated rings. The van der Waals surface area contributed by atoms with Crippen molar-refractivity contribution in [2.45, 2.75) is 58.3 Å². The first kappa shape index (κ1) is 15.8. The summed E-state index contributed by atoms with van der Waals surface area (Å²) in [7, 11) is 0. The molecule has 1 aliphatic rings. The Hall–Kier alpha value is -1.56. The molecule has 0 N–H and O–H groups in total. The number of nitrogens with zero attached hydrogens (tertiary/aromatic N) is 2. The Kier molecular flexibility index (Phi) is 4.56. The number of likely N-dealkylation sites (tertiary alicyclic amines) is 1. The zero-order chi connectivity index (χ0) is 15.5.